The molecular weight excluding hydrogens is 531 g/mol. The highest BCUT2D eigenvalue weighted by Crippen LogP contribution is 2.69. The zero-order valence-electron chi connectivity index (χ0n) is 20.0. The van der Waals surface area contributed by atoms with Gasteiger partial charge in [-0.05, 0) is 40.3 Å². The lowest BCUT2D eigenvalue weighted by Crippen LogP contribution is -2.57. The Morgan fingerprint density at radius 3 is 1.59 bits per heavy atom. The molecule has 5 nitrogen and oxygen atoms in total. The quantitative estimate of drug-likeness (QED) is 0.323. The molecule has 3 aromatic carbocycles. The Morgan fingerprint density at radius 2 is 1.19 bits per heavy atom. The number of para-hydroxylation sites is 1. The number of nitrogens with one attached hydrogen (secondary N) is 1. The zero-order valence-corrected chi connectivity index (χ0v) is 22.3. The molecule has 188 valence electrons. The molecule has 3 amide bonds. The number of hydrogen-bond acceptors (Lipinski definition) is 3. The summed E-state index contributed by atoms with van der Waals surface area (Å²) in [6.45, 7) is 3.59. The Bertz CT molecular complexity index is 1360. The van der Waals surface area contributed by atoms with Crippen LogP contribution < -0.4 is 5.32 Å². The van der Waals surface area contributed by atoms with E-state index in [9.17, 15) is 14.4 Å². The molecule has 0 unspecified atom stereocenters. The summed E-state index contributed by atoms with van der Waals surface area (Å²) in [5.41, 5.74) is 3.28. The minimum atomic E-state index is -1.29. The van der Waals surface area contributed by atoms with Crippen molar-refractivity contribution in [3.8, 4) is 0 Å². The van der Waals surface area contributed by atoms with Crippen molar-refractivity contribution >= 4 is 58.2 Å². The van der Waals surface area contributed by atoms with Crippen LogP contribution in [0.1, 0.15) is 36.1 Å². The summed E-state index contributed by atoms with van der Waals surface area (Å²) in [6, 6.07) is 20.6. The van der Waals surface area contributed by atoms with Crippen LogP contribution in [-0.4, -0.2) is 28.7 Å². The van der Waals surface area contributed by atoms with Gasteiger partial charge in [0.25, 0.3) is 0 Å². The van der Waals surface area contributed by atoms with Gasteiger partial charge in [0.2, 0.25) is 17.7 Å². The first-order valence-corrected chi connectivity index (χ1v) is 13.3. The molecular formula is C29H23Cl3N2O3. The highest BCUT2D eigenvalue weighted by molar-refractivity contribution is 6.36. The molecule has 1 heterocycles. The first kappa shape index (κ1) is 24.5. The summed E-state index contributed by atoms with van der Waals surface area (Å²) in [5.74, 6) is -3.79. The molecule has 0 spiro atoms. The number of rotatable bonds is 4. The Kier molecular flexibility index (Phi) is 5.50. The number of alkyl halides is 2. The van der Waals surface area contributed by atoms with Crippen LogP contribution in [0.25, 0.3) is 0 Å². The number of carbonyl (C=O) groups is 3. The lowest BCUT2D eigenvalue weighted by Gasteiger charge is -2.54. The third-order valence-corrected chi connectivity index (χ3v) is 9.54. The molecule has 8 heteroatoms. The molecule has 1 N–H and O–H groups in total. The first-order valence-electron chi connectivity index (χ1n) is 12.1. The Morgan fingerprint density at radius 1 is 0.784 bits per heavy atom. The van der Waals surface area contributed by atoms with Crippen molar-refractivity contribution in [2.24, 2.45) is 17.8 Å². The minimum absolute atomic E-state index is 0.356. The van der Waals surface area contributed by atoms with E-state index < -0.39 is 45.3 Å². The van der Waals surface area contributed by atoms with Gasteiger partial charge in [0.15, 0.2) is 0 Å². The number of amides is 3. The second-order valence-electron chi connectivity index (χ2n) is 10.2. The van der Waals surface area contributed by atoms with Crippen molar-refractivity contribution in [1.82, 2.24) is 4.90 Å². The molecule has 1 saturated heterocycles. The van der Waals surface area contributed by atoms with E-state index in [1.807, 2.05) is 48.5 Å². The van der Waals surface area contributed by atoms with Crippen LogP contribution in [0.5, 0.6) is 0 Å². The Labute approximate surface area is 229 Å². The van der Waals surface area contributed by atoms with Gasteiger partial charge < -0.3 is 5.32 Å². The first-order chi connectivity index (χ1) is 17.6. The monoisotopic (exact) mass is 552 g/mol. The maximum atomic E-state index is 14.2. The highest BCUT2D eigenvalue weighted by atomic mass is 35.5. The van der Waals surface area contributed by atoms with E-state index in [2.05, 4.69) is 5.32 Å². The predicted octanol–water partition coefficient (Wildman–Crippen LogP) is 5.90. The fourth-order valence-corrected chi connectivity index (χ4v) is 7.73. The van der Waals surface area contributed by atoms with Gasteiger partial charge in [0, 0.05) is 0 Å². The van der Waals surface area contributed by atoms with E-state index in [0.717, 1.165) is 27.2 Å². The van der Waals surface area contributed by atoms with Crippen molar-refractivity contribution in [2.75, 3.05) is 5.32 Å². The van der Waals surface area contributed by atoms with E-state index in [1.165, 1.54) is 0 Å². The number of likely N-dealkylation sites (tertiary alicyclic amines) is 1. The third-order valence-electron chi connectivity index (χ3n) is 7.93. The average molecular weight is 554 g/mol. The van der Waals surface area contributed by atoms with Crippen LogP contribution in [0.3, 0.4) is 0 Å². The van der Waals surface area contributed by atoms with Gasteiger partial charge in [0.1, 0.15) is 15.8 Å². The standard InChI is InChI=1S/C29H23Cl3N2O3/c1-15(2)24(25(35)33-21-14-8-7-13-20(21)30)34-26(36)22-23(27(34)37)29(32)17-10-4-3-9-16(17)28(22,31)18-11-5-6-12-19(18)29/h3-15,22-24H,1-2H3,(H,33,35)/t22-,23-,24+,28?,29?/m1/s1. The van der Waals surface area contributed by atoms with E-state index in [-0.39, 0.29) is 5.92 Å². The van der Waals surface area contributed by atoms with Crippen molar-refractivity contribution < 1.29 is 14.4 Å². The fraction of sp³-hybridized carbons (Fsp3) is 0.276. The van der Waals surface area contributed by atoms with Gasteiger partial charge in [-0.3, -0.25) is 19.3 Å². The maximum Gasteiger partial charge on any atom is 0.247 e. The Balaban J connectivity index is 1.50. The maximum absolute atomic E-state index is 14.2. The SMILES string of the molecule is CC(C)[C@@H](C(=O)Nc1ccccc1Cl)N1C(=O)[C@H]2[C@H](C1=O)C1(Cl)c3ccccc3C2(Cl)c2ccccc21. The molecule has 1 fully saturated rings. The lowest BCUT2D eigenvalue weighted by atomic mass is 9.54. The molecule has 4 aliphatic rings. The van der Waals surface area contributed by atoms with Crippen LogP contribution in [0.15, 0.2) is 72.8 Å². The van der Waals surface area contributed by atoms with Crippen molar-refractivity contribution in [2.45, 2.75) is 29.6 Å². The highest BCUT2D eigenvalue weighted by Gasteiger charge is 2.73. The number of carbonyl (C=O) groups excluding carboxylic acids is 3. The lowest BCUT2D eigenvalue weighted by molar-refractivity contribution is -0.148. The van der Waals surface area contributed by atoms with Crippen LogP contribution in [0, 0.1) is 17.8 Å². The average Bonchev–Trinajstić information content (AvgIpc) is 3.15. The molecule has 0 saturated carbocycles. The van der Waals surface area contributed by atoms with Gasteiger partial charge in [-0.2, -0.15) is 0 Å². The largest absolute Gasteiger partial charge is 0.323 e. The zero-order chi connectivity index (χ0) is 26.3. The smallest absolute Gasteiger partial charge is 0.247 e. The molecule has 2 bridgehead atoms. The molecule has 37 heavy (non-hydrogen) atoms. The number of nitrogens with zero attached hydrogens (tertiary/aromatic N) is 1. The van der Waals surface area contributed by atoms with Gasteiger partial charge in [-0.15, -0.1) is 23.2 Å². The van der Waals surface area contributed by atoms with Gasteiger partial charge in [-0.1, -0.05) is 86.1 Å². The summed E-state index contributed by atoms with van der Waals surface area (Å²) < 4.78 is 0. The van der Waals surface area contributed by atoms with Gasteiger partial charge >= 0.3 is 0 Å². The number of halogens is 3. The van der Waals surface area contributed by atoms with E-state index in [0.29, 0.717) is 10.7 Å². The van der Waals surface area contributed by atoms with E-state index in [1.54, 1.807) is 38.1 Å². The number of anilines is 1. The van der Waals surface area contributed by atoms with Crippen LogP contribution in [-0.2, 0) is 24.1 Å². The second-order valence-corrected chi connectivity index (χ2v) is 11.8. The van der Waals surface area contributed by atoms with E-state index in [4.69, 9.17) is 34.8 Å². The number of hydrogen-bond donors (Lipinski definition) is 1. The predicted molar refractivity (Wildman–Crippen MR) is 144 cm³/mol. The number of imide groups is 1. The summed E-state index contributed by atoms with van der Waals surface area (Å²) in [6.07, 6.45) is 0. The summed E-state index contributed by atoms with van der Waals surface area (Å²) >= 11 is 21.2. The van der Waals surface area contributed by atoms with Crippen molar-refractivity contribution in [3.05, 3.63) is 100 Å². The minimum Gasteiger partial charge on any atom is -0.323 e. The summed E-state index contributed by atoms with van der Waals surface area (Å²) in [4.78, 5) is 40.6. The van der Waals surface area contributed by atoms with Gasteiger partial charge in [-0.25, -0.2) is 0 Å². The second kappa shape index (κ2) is 8.32. The topological polar surface area (TPSA) is 66.5 Å². The molecule has 3 atom stereocenters. The fourth-order valence-electron chi connectivity index (χ4n) is 6.45. The molecule has 3 aliphatic carbocycles. The van der Waals surface area contributed by atoms with Gasteiger partial charge in [0.05, 0.1) is 22.5 Å². The summed E-state index contributed by atoms with van der Waals surface area (Å²) in [7, 11) is 0. The van der Waals surface area contributed by atoms with Crippen molar-refractivity contribution in [1.29, 1.82) is 0 Å². The van der Waals surface area contributed by atoms with Crippen LogP contribution in [0.4, 0.5) is 5.69 Å². The van der Waals surface area contributed by atoms with Crippen LogP contribution in [0.2, 0.25) is 5.02 Å². The molecule has 0 aromatic heterocycles. The molecule has 7 rings (SSSR count). The molecule has 3 aromatic rings. The third kappa shape index (κ3) is 3.08. The van der Waals surface area contributed by atoms with Crippen molar-refractivity contribution in [3.63, 3.8) is 0 Å². The molecule has 1 aliphatic heterocycles. The van der Waals surface area contributed by atoms with Crippen LogP contribution >= 0.6 is 34.8 Å². The normalized spacial score (nSPS) is 28.1. The Hall–Kier alpha value is -2.86. The van der Waals surface area contributed by atoms with E-state index >= 15 is 0 Å². The summed E-state index contributed by atoms with van der Waals surface area (Å²) in [5, 5.41) is 3.16. The number of benzene rings is 3. The molecule has 0 radical (unpaired) electrons.